The van der Waals surface area contributed by atoms with Crippen LogP contribution in [0, 0.1) is 0 Å². The molecule has 0 bridgehead atoms. The van der Waals surface area contributed by atoms with Gasteiger partial charge in [-0.3, -0.25) is 9.59 Å². The maximum atomic E-state index is 13.1. The zero-order chi connectivity index (χ0) is 28.9. The lowest BCUT2D eigenvalue weighted by Crippen LogP contribution is -2.50. The van der Waals surface area contributed by atoms with E-state index in [1.165, 1.54) is 12.3 Å². The smallest absolute Gasteiger partial charge is 0.262 e. The van der Waals surface area contributed by atoms with Gasteiger partial charge in [-0.25, -0.2) is 5.43 Å². The predicted octanol–water partition coefficient (Wildman–Crippen LogP) is 5.83. The number of halogens is 2. The highest BCUT2D eigenvalue weighted by molar-refractivity contribution is 6.35. The van der Waals surface area contributed by atoms with Crippen LogP contribution in [0.4, 0.5) is 0 Å². The van der Waals surface area contributed by atoms with Crippen LogP contribution < -0.4 is 25.0 Å². The van der Waals surface area contributed by atoms with Crippen LogP contribution in [0.2, 0.25) is 10.0 Å². The molecule has 3 aromatic rings. The summed E-state index contributed by atoms with van der Waals surface area (Å²) >= 11 is 12.1. The Kier molecular flexibility index (Phi) is 12.1. The maximum absolute atomic E-state index is 13.1. The van der Waals surface area contributed by atoms with E-state index >= 15 is 0 Å². The number of hydrogen-bond acceptors (Lipinski definition) is 6. The normalized spacial score (nSPS) is 12.4. The van der Waals surface area contributed by atoms with Crippen molar-refractivity contribution in [3.63, 3.8) is 0 Å². The number of carbonyl (C=O) groups excluding carboxylic acids is 2. The summed E-state index contributed by atoms with van der Waals surface area (Å²) in [6, 6.07) is 18.6. The number of benzene rings is 3. The Bertz CT molecular complexity index is 1300. The Morgan fingerprint density at radius 1 is 0.925 bits per heavy atom. The van der Waals surface area contributed by atoms with E-state index in [0.29, 0.717) is 41.0 Å². The molecule has 0 spiro atoms. The summed E-state index contributed by atoms with van der Waals surface area (Å²) in [7, 11) is 0. The zero-order valence-electron chi connectivity index (χ0n) is 22.7. The summed E-state index contributed by atoms with van der Waals surface area (Å²) in [4.78, 5) is 26.1. The average molecular weight is 587 g/mol. The third-order valence-electron chi connectivity index (χ3n) is 5.60. The van der Waals surface area contributed by atoms with Crippen LogP contribution in [-0.2, 0) is 16.0 Å². The molecule has 2 N–H and O–H groups in total. The molecule has 2 atom stereocenters. The fraction of sp³-hybridized carbons (Fsp3) is 0.300. The summed E-state index contributed by atoms with van der Waals surface area (Å²) in [6.45, 7) is 6.55. The molecule has 3 rings (SSSR count). The molecule has 10 heteroatoms. The Balaban J connectivity index is 1.69. The van der Waals surface area contributed by atoms with Crippen LogP contribution >= 0.6 is 23.2 Å². The van der Waals surface area contributed by atoms with E-state index in [1.807, 2.05) is 50.2 Å². The molecule has 2 amide bonds. The van der Waals surface area contributed by atoms with Crippen LogP contribution in [-0.4, -0.2) is 43.4 Å². The van der Waals surface area contributed by atoms with Crippen LogP contribution in [0.3, 0.4) is 0 Å². The highest BCUT2D eigenvalue weighted by Crippen LogP contribution is 2.29. The zero-order valence-corrected chi connectivity index (χ0v) is 24.2. The number of carbonyl (C=O) groups is 2. The highest BCUT2D eigenvalue weighted by Gasteiger charge is 2.25. The summed E-state index contributed by atoms with van der Waals surface area (Å²) in [5.74, 6) is 0.565. The third-order valence-corrected chi connectivity index (χ3v) is 6.13. The molecule has 40 heavy (non-hydrogen) atoms. The fourth-order valence-corrected chi connectivity index (χ4v) is 4.07. The molecule has 8 nitrogen and oxygen atoms in total. The van der Waals surface area contributed by atoms with E-state index in [9.17, 15) is 9.59 Å². The lowest BCUT2D eigenvalue weighted by atomic mass is 10.1. The first-order valence-electron chi connectivity index (χ1n) is 13.0. The SMILES string of the molecule is CCCOc1ccc(/C=N\NC(=O)[C@H](Cc2ccccc2)NC(=O)[C@@H](C)Oc2ccc(Cl)cc2Cl)cc1OCC. The Morgan fingerprint density at radius 3 is 2.38 bits per heavy atom. The summed E-state index contributed by atoms with van der Waals surface area (Å²) in [6.07, 6.45) is 1.69. The first-order valence-corrected chi connectivity index (χ1v) is 13.7. The number of rotatable bonds is 14. The molecule has 0 aliphatic heterocycles. The van der Waals surface area contributed by atoms with Crippen molar-refractivity contribution < 1.29 is 23.8 Å². The number of hydrogen-bond donors (Lipinski definition) is 2. The molecule has 0 fully saturated rings. The van der Waals surface area contributed by atoms with Crippen molar-refractivity contribution in [1.29, 1.82) is 0 Å². The lowest BCUT2D eigenvalue weighted by Gasteiger charge is -2.21. The van der Waals surface area contributed by atoms with Crippen molar-refractivity contribution in [2.75, 3.05) is 13.2 Å². The van der Waals surface area contributed by atoms with Crippen LogP contribution in [0.25, 0.3) is 0 Å². The van der Waals surface area contributed by atoms with Gasteiger partial charge in [0.25, 0.3) is 11.8 Å². The minimum absolute atomic E-state index is 0.250. The minimum atomic E-state index is -0.932. The van der Waals surface area contributed by atoms with Gasteiger partial charge in [0.05, 0.1) is 24.5 Å². The molecule has 0 heterocycles. The van der Waals surface area contributed by atoms with Gasteiger partial charge in [0.1, 0.15) is 11.8 Å². The van der Waals surface area contributed by atoms with Crippen molar-refractivity contribution in [2.24, 2.45) is 5.10 Å². The van der Waals surface area contributed by atoms with E-state index in [2.05, 4.69) is 15.8 Å². The minimum Gasteiger partial charge on any atom is -0.490 e. The Morgan fingerprint density at radius 2 is 1.68 bits per heavy atom. The molecular weight excluding hydrogens is 553 g/mol. The van der Waals surface area contributed by atoms with E-state index in [1.54, 1.807) is 31.2 Å². The van der Waals surface area contributed by atoms with Gasteiger partial charge in [-0.2, -0.15) is 5.10 Å². The molecule has 0 aromatic heterocycles. The van der Waals surface area contributed by atoms with Gasteiger partial charge in [0, 0.05) is 11.4 Å². The summed E-state index contributed by atoms with van der Waals surface area (Å²) in [5.41, 5.74) is 4.10. The lowest BCUT2D eigenvalue weighted by molar-refractivity contribution is -0.132. The Labute approximate surface area is 244 Å². The standard InChI is InChI=1S/C30H33Cl2N3O5/c1-4-15-39-27-13-11-22(17-28(27)38-5-2)19-33-35-30(37)25(16-21-9-7-6-8-10-21)34-29(36)20(3)40-26-14-12-23(31)18-24(26)32/h6-14,17-20,25H,4-5,15-16H2,1-3H3,(H,34,36)(H,35,37)/b33-19-/t20-,25+/m1/s1. The van der Waals surface area contributed by atoms with Gasteiger partial charge in [-0.15, -0.1) is 0 Å². The van der Waals surface area contributed by atoms with Crippen molar-refractivity contribution in [3.8, 4) is 17.2 Å². The average Bonchev–Trinajstić information content (AvgIpc) is 2.94. The molecule has 212 valence electrons. The molecule has 0 aliphatic carbocycles. The number of nitrogens with one attached hydrogen (secondary N) is 2. The number of hydrazone groups is 1. The highest BCUT2D eigenvalue weighted by atomic mass is 35.5. The topological polar surface area (TPSA) is 98.2 Å². The molecule has 3 aromatic carbocycles. The van der Waals surface area contributed by atoms with Crippen molar-refractivity contribution in [2.45, 2.75) is 45.8 Å². The quantitative estimate of drug-likeness (QED) is 0.183. The van der Waals surface area contributed by atoms with Crippen LogP contribution in [0.15, 0.2) is 71.8 Å². The van der Waals surface area contributed by atoms with Crippen molar-refractivity contribution in [3.05, 3.63) is 87.9 Å². The molecule has 0 aliphatic rings. The molecule has 0 saturated heterocycles. The van der Waals surface area contributed by atoms with E-state index < -0.39 is 24.0 Å². The van der Waals surface area contributed by atoms with Crippen LogP contribution in [0.1, 0.15) is 38.3 Å². The first-order chi connectivity index (χ1) is 19.3. The Hall–Kier alpha value is -3.75. The second kappa shape index (κ2) is 15.7. The first kappa shape index (κ1) is 30.8. The second-order valence-corrected chi connectivity index (χ2v) is 9.65. The van der Waals surface area contributed by atoms with Gasteiger partial charge in [0.15, 0.2) is 17.6 Å². The molecule has 0 saturated carbocycles. The van der Waals surface area contributed by atoms with Gasteiger partial charge >= 0.3 is 0 Å². The van der Waals surface area contributed by atoms with Crippen molar-refractivity contribution >= 4 is 41.2 Å². The molecule has 0 radical (unpaired) electrons. The number of nitrogens with zero attached hydrogens (tertiary/aromatic N) is 1. The predicted molar refractivity (Wildman–Crippen MR) is 158 cm³/mol. The van der Waals surface area contributed by atoms with Gasteiger partial charge < -0.3 is 19.5 Å². The fourth-order valence-electron chi connectivity index (χ4n) is 3.62. The third kappa shape index (κ3) is 9.47. The van der Waals surface area contributed by atoms with Gasteiger partial charge in [0.2, 0.25) is 0 Å². The number of amides is 2. The van der Waals surface area contributed by atoms with E-state index in [0.717, 1.165) is 12.0 Å². The second-order valence-electron chi connectivity index (χ2n) is 8.81. The van der Waals surface area contributed by atoms with E-state index in [4.69, 9.17) is 37.4 Å². The number of ether oxygens (including phenoxy) is 3. The summed E-state index contributed by atoms with van der Waals surface area (Å²) in [5, 5.41) is 7.59. The monoisotopic (exact) mass is 585 g/mol. The maximum Gasteiger partial charge on any atom is 0.262 e. The van der Waals surface area contributed by atoms with E-state index in [-0.39, 0.29) is 11.4 Å². The molecular formula is C30H33Cl2N3O5. The van der Waals surface area contributed by atoms with Gasteiger partial charge in [-0.1, -0.05) is 60.5 Å². The largest absolute Gasteiger partial charge is 0.490 e. The summed E-state index contributed by atoms with van der Waals surface area (Å²) < 4.78 is 17.1. The van der Waals surface area contributed by atoms with Gasteiger partial charge in [-0.05, 0) is 67.8 Å². The van der Waals surface area contributed by atoms with Crippen LogP contribution in [0.5, 0.6) is 17.2 Å². The molecule has 0 unspecified atom stereocenters. The van der Waals surface area contributed by atoms with Crippen molar-refractivity contribution in [1.82, 2.24) is 10.7 Å².